The Morgan fingerprint density at radius 2 is 1.81 bits per heavy atom. The van der Waals surface area contributed by atoms with Gasteiger partial charge in [-0.05, 0) is 49.4 Å². The topological polar surface area (TPSA) is 55.1 Å². The summed E-state index contributed by atoms with van der Waals surface area (Å²) in [7, 11) is 0. The number of carbonyl (C=O) groups is 1. The fourth-order valence-electron chi connectivity index (χ4n) is 2.90. The quantitative estimate of drug-likeness (QED) is 0.534. The first kappa shape index (κ1) is 16.9. The Kier molecular flexibility index (Phi) is 4.16. The summed E-state index contributed by atoms with van der Waals surface area (Å²) in [6, 6.07) is 13.5. The van der Waals surface area contributed by atoms with Gasteiger partial charge in [-0.3, -0.25) is 4.79 Å². The zero-order chi connectivity index (χ0) is 19.0. The summed E-state index contributed by atoms with van der Waals surface area (Å²) in [5.74, 6) is -1.51. The lowest BCUT2D eigenvalue weighted by molar-refractivity contribution is 0.102. The average Bonchev–Trinajstić information content (AvgIpc) is 3.14. The molecule has 0 aliphatic heterocycles. The van der Waals surface area contributed by atoms with Crippen LogP contribution in [0, 0.1) is 18.6 Å². The molecule has 0 atom stereocenters. The number of furan rings is 1. The number of aromatic nitrogens is 1. The predicted molar refractivity (Wildman–Crippen MR) is 98.5 cm³/mol. The molecule has 2 aromatic carbocycles. The van der Waals surface area contributed by atoms with Crippen molar-refractivity contribution in [2.24, 2.45) is 0 Å². The fourth-order valence-corrected chi connectivity index (χ4v) is 2.90. The third-order valence-corrected chi connectivity index (χ3v) is 4.10. The van der Waals surface area contributed by atoms with Crippen molar-refractivity contribution < 1.29 is 18.0 Å². The van der Waals surface area contributed by atoms with Crippen LogP contribution in [-0.4, -0.2) is 10.9 Å². The van der Waals surface area contributed by atoms with Crippen molar-refractivity contribution in [2.75, 3.05) is 5.32 Å². The van der Waals surface area contributed by atoms with Crippen molar-refractivity contribution in [3.05, 3.63) is 83.6 Å². The molecule has 0 fully saturated rings. The Morgan fingerprint density at radius 3 is 2.52 bits per heavy atom. The number of rotatable bonds is 3. The lowest BCUT2D eigenvalue weighted by Crippen LogP contribution is -2.13. The molecule has 0 radical (unpaired) electrons. The van der Waals surface area contributed by atoms with Crippen LogP contribution < -0.4 is 5.32 Å². The zero-order valence-corrected chi connectivity index (χ0v) is 14.3. The highest BCUT2D eigenvalue weighted by molar-refractivity contribution is 6.13. The van der Waals surface area contributed by atoms with E-state index in [1.54, 1.807) is 18.2 Å². The van der Waals surface area contributed by atoms with Gasteiger partial charge in [-0.15, -0.1) is 0 Å². The normalized spacial score (nSPS) is 10.9. The number of benzene rings is 2. The number of aryl methyl sites for hydroxylation is 1. The van der Waals surface area contributed by atoms with E-state index < -0.39 is 17.5 Å². The molecule has 4 rings (SSSR count). The molecule has 0 saturated carbocycles. The van der Waals surface area contributed by atoms with Crippen molar-refractivity contribution in [2.45, 2.75) is 6.92 Å². The smallest absolute Gasteiger partial charge is 0.256 e. The van der Waals surface area contributed by atoms with Gasteiger partial charge in [0.1, 0.15) is 17.3 Å². The van der Waals surface area contributed by atoms with Crippen LogP contribution in [0.4, 0.5) is 14.5 Å². The molecular formula is C21H14F2N2O2. The maximum absolute atomic E-state index is 13.4. The largest absolute Gasteiger partial charge is 0.463 e. The minimum Gasteiger partial charge on any atom is -0.463 e. The van der Waals surface area contributed by atoms with Gasteiger partial charge >= 0.3 is 0 Å². The average molecular weight is 364 g/mol. The van der Waals surface area contributed by atoms with Crippen LogP contribution in [0.1, 0.15) is 15.9 Å². The maximum atomic E-state index is 13.4. The van der Waals surface area contributed by atoms with Crippen molar-refractivity contribution in [3.8, 4) is 11.5 Å². The predicted octanol–water partition coefficient (Wildman–Crippen LogP) is 5.33. The summed E-state index contributed by atoms with van der Waals surface area (Å²) in [6.07, 6.45) is 1.52. The first-order valence-electron chi connectivity index (χ1n) is 8.22. The van der Waals surface area contributed by atoms with Gasteiger partial charge in [-0.2, -0.15) is 0 Å². The van der Waals surface area contributed by atoms with Crippen LogP contribution in [-0.2, 0) is 0 Å². The third-order valence-electron chi connectivity index (χ3n) is 4.10. The number of amides is 1. The second kappa shape index (κ2) is 6.64. The molecule has 0 spiro atoms. The molecule has 4 aromatic rings. The minimum absolute atomic E-state index is 0.0367. The number of hydrogen-bond donors (Lipinski definition) is 1. The lowest BCUT2D eigenvalue weighted by Gasteiger charge is -2.11. The lowest BCUT2D eigenvalue weighted by atomic mass is 10.0. The van der Waals surface area contributed by atoms with E-state index in [1.807, 2.05) is 25.1 Å². The van der Waals surface area contributed by atoms with Gasteiger partial charge in [-0.1, -0.05) is 11.6 Å². The molecule has 2 aromatic heterocycles. The number of halogens is 2. The Balaban J connectivity index is 1.83. The third kappa shape index (κ3) is 3.42. The second-order valence-corrected chi connectivity index (χ2v) is 6.17. The number of carbonyl (C=O) groups excluding carboxylic acids is 1. The highest BCUT2D eigenvalue weighted by atomic mass is 19.1. The summed E-state index contributed by atoms with van der Waals surface area (Å²) in [5, 5.41) is 3.19. The van der Waals surface area contributed by atoms with Gasteiger partial charge in [-0.25, -0.2) is 13.8 Å². The molecule has 2 heterocycles. The van der Waals surface area contributed by atoms with Gasteiger partial charge in [0, 0.05) is 17.1 Å². The number of pyridine rings is 1. The van der Waals surface area contributed by atoms with E-state index in [4.69, 9.17) is 4.42 Å². The van der Waals surface area contributed by atoms with E-state index in [0.29, 0.717) is 27.9 Å². The molecule has 0 aliphatic rings. The SMILES string of the molecule is Cc1ccc2nc(-c3ccco3)cc(C(=O)Nc3cc(F)cc(F)c3)c2c1. The molecule has 134 valence electrons. The molecule has 4 nitrogen and oxygen atoms in total. The van der Waals surface area contributed by atoms with Gasteiger partial charge in [0.05, 0.1) is 17.3 Å². The van der Waals surface area contributed by atoms with Gasteiger partial charge < -0.3 is 9.73 Å². The second-order valence-electron chi connectivity index (χ2n) is 6.17. The Morgan fingerprint density at radius 1 is 1.04 bits per heavy atom. The first-order valence-corrected chi connectivity index (χ1v) is 8.22. The van der Waals surface area contributed by atoms with Crippen molar-refractivity contribution >= 4 is 22.5 Å². The first-order chi connectivity index (χ1) is 13.0. The van der Waals surface area contributed by atoms with E-state index in [2.05, 4.69) is 10.3 Å². The summed E-state index contributed by atoms with van der Waals surface area (Å²) in [4.78, 5) is 17.4. The summed E-state index contributed by atoms with van der Waals surface area (Å²) in [5.41, 5.74) is 2.44. The van der Waals surface area contributed by atoms with Crippen LogP contribution in [0.15, 0.2) is 65.3 Å². The molecule has 0 unspecified atom stereocenters. The van der Waals surface area contributed by atoms with Crippen molar-refractivity contribution in [1.29, 1.82) is 0 Å². The highest BCUT2D eigenvalue weighted by Crippen LogP contribution is 2.27. The highest BCUT2D eigenvalue weighted by Gasteiger charge is 2.16. The summed E-state index contributed by atoms with van der Waals surface area (Å²) in [6.45, 7) is 1.91. The van der Waals surface area contributed by atoms with E-state index in [0.717, 1.165) is 23.8 Å². The molecule has 1 amide bonds. The Hall–Kier alpha value is -3.54. The number of anilines is 1. The van der Waals surface area contributed by atoms with Gasteiger partial charge in [0.15, 0.2) is 5.76 Å². The van der Waals surface area contributed by atoms with Crippen LogP contribution in [0.25, 0.3) is 22.4 Å². The van der Waals surface area contributed by atoms with E-state index in [9.17, 15) is 13.6 Å². The standard InChI is InChI=1S/C21H14F2N2O2/c1-12-4-5-18-16(7-12)17(11-19(25-18)20-3-2-6-27-20)21(26)24-15-9-13(22)8-14(23)10-15/h2-11H,1H3,(H,24,26). The molecule has 0 bridgehead atoms. The zero-order valence-electron chi connectivity index (χ0n) is 14.3. The molecule has 0 saturated heterocycles. The number of nitrogens with one attached hydrogen (secondary N) is 1. The van der Waals surface area contributed by atoms with Gasteiger partial charge in [0.2, 0.25) is 0 Å². The van der Waals surface area contributed by atoms with Crippen LogP contribution in [0.3, 0.4) is 0 Å². The minimum atomic E-state index is -0.767. The van der Waals surface area contributed by atoms with Crippen molar-refractivity contribution in [1.82, 2.24) is 4.98 Å². The van der Waals surface area contributed by atoms with E-state index in [-0.39, 0.29) is 5.69 Å². The number of fused-ring (bicyclic) bond motifs is 1. The van der Waals surface area contributed by atoms with Gasteiger partial charge in [0.25, 0.3) is 5.91 Å². The molecular weight excluding hydrogens is 350 g/mol. The van der Waals surface area contributed by atoms with Crippen molar-refractivity contribution in [3.63, 3.8) is 0 Å². The van der Waals surface area contributed by atoms with E-state index in [1.165, 1.54) is 6.26 Å². The Labute approximate surface area is 153 Å². The summed E-state index contributed by atoms with van der Waals surface area (Å²) >= 11 is 0. The molecule has 0 aliphatic carbocycles. The molecule has 6 heteroatoms. The molecule has 1 N–H and O–H groups in total. The van der Waals surface area contributed by atoms with Crippen LogP contribution >= 0.6 is 0 Å². The number of nitrogens with zero attached hydrogens (tertiary/aromatic N) is 1. The Bertz CT molecular complexity index is 1130. The molecule has 27 heavy (non-hydrogen) atoms. The fraction of sp³-hybridized carbons (Fsp3) is 0.0476. The number of hydrogen-bond acceptors (Lipinski definition) is 3. The maximum Gasteiger partial charge on any atom is 0.256 e. The van der Waals surface area contributed by atoms with E-state index >= 15 is 0 Å². The van der Waals surface area contributed by atoms with Crippen LogP contribution in [0.5, 0.6) is 0 Å². The van der Waals surface area contributed by atoms with Crippen LogP contribution in [0.2, 0.25) is 0 Å². The monoisotopic (exact) mass is 364 g/mol. The summed E-state index contributed by atoms with van der Waals surface area (Å²) < 4.78 is 32.2.